The lowest BCUT2D eigenvalue weighted by molar-refractivity contribution is -0.479. The van der Waals surface area contributed by atoms with E-state index in [0.717, 1.165) is 17.5 Å². The van der Waals surface area contributed by atoms with Gasteiger partial charge in [-0.15, -0.1) is 0 Å². The van der Waals surface area contributed by atoms with E-state index in [0.29, 0.717) is 9.68 Å². The molecule has 1 saturated heterocycles. The van der Waals surface area contributed by atoms with E-state index >= 15 is 0 Å². The van der Waals surface area contributed by atoms with Crippen LogP contribution in [0.15, 0.2) is 66.2 Å². The van der Waals surface area contributed by atoms with E-state index in [9.17, 15) is 19.5 Å². The van der Waals surface area contributed by atoms with Crippen LogP contribution in [0.5, 0.6) is 0 Å². The molecule has 3 amide bonds. The quantitative estimate of drug-likeness (QED) is 0.133. The van der Waals surface area contributed by atoms with E-state index in [4.69, 9.17) is 4.74 Å². The Balaban J connectivity index is 1.40. The number of nitrogens with zero attached hydrogens (tertiary/aromatic N) is 1. The van der Waals surface area contributed by atoms with Gasteiger partial charge in [-0.3, -0.25) is 14.4 Å². The summed E-state index contributed by atoms with van der Waals surface area (Å²) >= 11 is 3.99. The number of alkyl halides is 1. The van der Waals surface area contributed by atoms with E-state index in [2.05, 4.69) is 64.2 Å². The van der Waals surface area contributed by atoms with Gasteiger partial charge >= 0.3 is 0 Å². The highest BCUT2D eigenvalue weighted by atomic mass is 127. The van der Waals surface area contributed by atoms with Crippen molar-refractivity contribution < 1.29 is 29.2 Å². The number of carbonyl (C=O) groups excluding carboxylic acids is 3. The molecule has 1 unspecified atom stereocenters. The number of likely N-dealkylation sites (tertiary alicyclic amines) is 1. The van der Waals surface area contributed by atoms with Gasteiger partial charge in [0, 0.05) is 40.4 Å². The number of allylic oxidation sites excluding steroid dienone is 3. The second-order valence-corrected chi connectivity index (χ2v) is 15.3. The van der Waals surface area contributed by atoms with Crippen LogP contribution in [0.4, 0.5) is 0 Å². The van der Waals surface area contributed by atoms with Crippen molar-refractivity contribution in [1.82, 2.24) is 15.5 Å². The first-order chi connectivity index (χ1) is 21.2. The summed E-state index contributed by atoms with van der Waals surface area (Å²) in [5, 5.41) is 16.4. The molecule has 3 aliphatic rings. The Morgan fingerprint density at radius 2 is 1.91 bits per heavy atom. The average molecular weight is 748 g/mol. The highest BCUT2D eigenvalue weighted by Crippen LogP contribution is 2.32. The normalized spacial score (nSPS) is 24.8. The fraction of sp³-hybridized carbons (Fsp3) is 0.471. The highest BCUT2D eigenvalue weighted by molar-refractivity contribution is 14.1. The summed E-state index contributed by atoms with van der Waals surface area (Å²) in [4.78, 5) is 46.2. The number of hydrogen-bond donors (Lipinski definition) is 4. The Bertz CT molecular complexity index is 1430. The highest BCUT2D eigenvalue weighted by Gasteiger charge is 2.44. The summed E-state index contributed by atoms with van der Waals surface area (Å²) in [6.45, 7) is 11.7. The molecule has 4 N–H and O–H groups in total. The lowest BCUT2D eigenvalue weighted by Gasteiger charge is -2.35. The second kappa shape index (κ2) is 15.1. The lowest BCUT2D eigenvalue weighted by atomic mass is 9.85. The van der Waals surface area contributed by atoms with Gasteiger partial charge in [0.25, 0.3) is 0 Å². The smallest absolute Gasteiger partial charge is 0.247 e. The molecular weight excluding hydrogens is 703 g/mol. The molecule has 1 aliphatic carbocycles. The zero-order chi connectivity index (χ0) is 32.9. The summed E-state index contributed by atoms with van der Waals surface area (Å²) in [5.74, 6) is -0.599. The number of nitrogens with one attached hydrogen (secondary N) is 3. The van der Waals surface area contributed by atoms with Crippen molar-refractivity contribution in [3.63, 3.8) is 0 Å². The van der Waals surface area contributed by atoms with Crippen LogP contribution in [0.25, 0.3) is 4.91 Å². The Hall–Kier alpha value is -2.90. The third-order valence-electron chi connectivity index (χ3n) is 8.24. The van der Waals surface area contributed by atoms with Crippen LogP contribution in [0.3, 0.4) is 0 Å². The van der Waals surface area contributed by atoms with Crippen LogP contribution in [-0.4, -0.2) is 68.0 Å². The molecular formula is C34H44IN4O5S+. The number of hydrogen-bond acceptors (Lipinski definition) is 6. The molecule has 2 heterocycles. The first kappa shape index (κ1) is 35.0. The number of carbonyl (C=O) groups is 3. The van der Waals surface area contributed by atoms with Crippen LogP contribution in [0.1, 0.15) is 71.6 Å². The molecule has 45 heavy (non-hydrogen) atoms. The van der Waals surface area contributed by atoms with E-state index in [1.165, 1.54) is 27.7 Å². The predicted molar refractivity (Wildman–Crippen MR) is 187 cm³/mol. The second-order valence-electron chi connectivity index (χ2n) is 12.8. The summed E-state index contributed by atoms with van der Waals surface area (Å²) < 4.78 is 5.97. The fourth-order valence-corrected chi connectivity index (χ4v) is 6.86. The van der Waals surface area contributed by atoms with Crippen LogP contribution in [-0.2, 0) is 19.1 Å². The first-order valence-electron chi connectivity index (χ1n) is 15.2. The molecule has 242 valence electrons. The topological polar surface area (TPSA) is 122 Å². The standard InChI is InChI=1S/C34H43IN4O5S/c1-20-21(2)36-19-45-30(20)24-9-7-23(8-10-24)22(3)37-32(42)28-17-26(40)18-39(28)33(43)31(34(4,5)6)38-29(41)15-16-44-27-13-11-25(35)12-14-27/h7-11,13-16,19,21-22,25-26,28,31,40H,12,17-18H2,1-6H3,(H,37,42)(H,38,41)/p+1/b16-15+/t21-,22-,25?,26+,28-,31+/m0/s1. The number of amides is 3. The van der Waals surface area contributed by atoms with Gasteiger partial charge in [-0.25, -0.2) is 4.99 Å². The summed E-state index contributed by atoms with van der Waals surface area (Å²) in [7, 11) is 0. The van der Waals surface area contributed by atoms with E-state index < -0.39 is 35.4 Å². The maximum Gasteiger partial charge on any atom is 0.247 e. The van der Waals surface area contributed by atoms with Crippen LogP contribution in [0, 0.1) is 5.41 Å². The van der Waals surface area contributed by atoms with Crippen LogP contribution in [0.2, 0.25) is 0 Å². The first-order valence-corrected chi connectivity index (χ1v) is 17.4. The minimum absolute atomic E-state index is 0.0100. The fourth-order valence-electron chi connectivity index (χ4n) is 5.37. The molecule has 1 aromatic carbocycles. The number of β-amino-alcohol motifs (C(OH)–C–C–N with tert-alkyl or cyclic N) is 1. The monoisotopic (exact) mass is 747 g/mol. The summed E-state index contributed by atoms with van der Waals surface area (Å²) in [6, 6.07) is 6.29. The van der Waals surface area contributed by atoms with Gasteiger partial charge in [-0.05, 0) is 60.7 Å². The van der Waals surface area contributed by atoms with Crippen molar-refractivity contribution in [3.8, 4) is 0 Å². The van der Waals surface area contributed by atoms with Gasteiger partial charge in [-0.2, -0.15) is 0 Å². The number of halogens is 1. The van der Waals surface area contributed by atoms with Crippen molar-refractivity contribution in [2.24, 2.45) is 5.41 Å². The van der Waals surface area contributed by atoms with Crippen LogP contribution >= 0.6 is 34.4 Å². The van der Waals surface area contributed by atoms with Crippen molar-refractivity contribution in [1.29, 1.82) is 0 Å². The van der Waals surface area contributed by atoms with E-state index in [1.807, 2.05) is 63.6 Å². The summed E-state index contributed by atoms with van der Waals surface area (Å²) in [5.41, 5.74) is 4.67. The molecule has 1 fully saturated rings. The van der Waals surface area contributed by atoms with Crippen molar-refractivity contribution in [3.05, 3.63) is 77.3 Å². The average Bonchev–Trinajstić information content (AvgIpc) is 3.39. The third-order valence-corrected chi connectivity index (χ3v) is 10.2. The zero-order valence-corrected chi connectivity index (χ0v) is 29.6. The molecule has 0 aromatic heterocycles. The van der Waals surface area contributed by atoms with Crippen LogP contribution < -0.4 is 15.6 Å². The van der Waals surface area contributed by atoms with Gasteiger partial charge in [-0.1, -0.05) is 73.7 Å². The number of aliphatic hydroxyl groups excluding tert-OH is 1. The van der Waals surface area contributed by atoms with E-state index in [-0.39, 0.29) is 31.0 Å². The molecule has 0 saturated carbocycles. The maximum absolute atomic E-state index is 13.9. The van der Waals surface area contributed by atoms with Gasteiger partial charge in [0.2, 0.25) is 23.3 Å². The predicted octanol–water partition coefficient (Wildman–Crippen LogP) is 3.51. The van der Waals surface area contributed by atoms with Crippen molar-refractivity contribution in [2.75, 3.05) is 6.54 Å². The Morgan fingerprint density at radius 3 is 2.56 bits per heavy atom. The third kappa shape index (κ3) is 9.10. The molecule has 11 heteroatoms. The minimum Gasteiger partial charge on any atom is -0.465 e. The minimum atomic E-state index is -0.931. The van der Waals surface area contributed by atoms with Gasteiger partial charge < -0.3 is 25.4 Å². The summed E-state index contributed by atoms with van der Waals surface area (Å²) in [6.07, 6.45) is 8.50. The number of ether oxygens (including phenoxy) is 1. The zero-order valence-electron chi connectivity index (χ0n) is 26.7. The molecule has 0 spiro atoms. The SMILES string of the molecule is CC1=C(c2ccc([C@H](C)NC(=O)[C@@H]3C[C@@H](O)CN3C(=O)[C@@H](NC(=O)/C=C/OC3=CCC(I)C=C3)C(C)(C)C)cc2)SC=[NH+][C@H]1C. The largest absolute Gasteiger partial charge is 0.465 e. The Kier molecular flexibility index (Phi) is 11.8. The lowest BCUT2D eigenvalue weighted by Crippen LogP contribution is -2.76. The molecule has 0 radical (unpaired) electrons. The molecule has 6 atom stereocenters. The van der Waals surface area contributed by atoms with E-state index in [1.54, 1.807) is 11.8 Å². The number of thioether (sulfide) groups is 1. The number of benzene rings is 1. The molecule has 4 rings (SSSR count). The Morgan fingerprint density at radius 1 is 1.20 bits per heavy atom. The molecule has 1 aromatic rings. The van der Waals surface area contributed by atoms with Gasteiger partial charge in [0.15, 0.2) is 6.04 Å². The molecule has 2 aliphatic heterocycles. The van der Waals surface area contributed by atoms with Gasteiger partial charge in [0.05, 0.1) is 18.4 Å². The van der Waals surface area contributed by atoms with Crippen molar-refractivity contribution in [2.45, 2.75) is 88.6 Å². The Labute approximate surface area is 283 Å². The maximum atomic E-state index is 13.9. The van der Waals surface area contributed by atoms with Crippen molar-refractivity contribution >= 4 is 62.5 Å². The number of aliphatic hydroxyl groups is 1. The number of rotatable bonds is 9. The molecule has 9 nitrogen and oxygen atoms in total. The molecule has 0 bridgehead atoms. The van der Waals surface area contributed by atoms with Gasteiger partial charge in [0.1, 0.15) is 17.8 Å².